The highest BCUT2D eigenvalue weighted by molar-refractivity contribution is 6.35. The largest absolute Gasteiger partial charge is 0.452 e. The van der Waals surface area contributed by atoms with E-state index < -0.39 is 5.79 Å². The number of ether oxygens (including phenoxy) is 2. The Labute approximate surface area is 174 Å². The Bertz CT molecular complexity index is 1030. The lowest BCUT2D eigenvalue weighted by Crippen LogP contribution is -2.47. The zero-order valence-electron chi connectivity index (χ0n) is 15.7. The van der Waals surface area contributed by atoms with Crippen molar-refractivity contribution >= 4 is 29.0 Å². The highest BCUT2D eigenvalue weighted by atomic mass is 35.5. The molecule has 0 saturated heterocycles. The first-order valence-electron chi connectivity index (χ1n) is 9.47. The molecule has 5 heteroatoms. The van der Waals surface area contributed by atoms with Gasteiger partial charge in [0.2, 0.25) is 0 Å². The molecule has 2 aromatic rings. The van der Waals surface area contributed by atoms with Crippen LogP contribution in [0, 0.1) is 5.41 Å². The van der Waals surface area contributed by atoms with Crippen LogP contribution in [0.1, 0.15) is 50.2 Å². The van der Waals surface area contributed by atoms with Crippen molar-refractivity contribution in [3.05, 3.63) is 75.0 Å². The summed E-state index contributed by atoms with van der Waals surface area (Å²) in [6, 6.07) is 13.4. The van der Waals surface area contributed by atoms with Gasteiger partial charge in [-0.2, -0.15) is 0 Å². The number of allylic oxidation sites excluding steroid dienone is 2. The van der Waals surface area contributed by atoms with Gasteiger partial charge in [0.05, 0.1) is 5.02 Å². The van der Waals surface area contributed by atoms with Crippen molar-refractivity contribution in [2.24, 2.45) is 5.41 Å². The predicted octanol–water partition coefficient (Wildman–Crippen LogP) is 6.39. The standard InChI is InChI=1S/C23H20Cl2O3/c1-22(2)11-18(26)20-16-10-23(27-19(20)12-22,13-6-4-3-5-7-13)28-21-15(16)8-14(24)9-17(21)25/h3-9,16H,10-12H2,1-2H3/t16-,23+/m0/s1. The molecule has 0 amide bonds. The van der Waals surface area contributed by atoms with E-state index in [1.807, 2.05) is 36.4 Å². The van der Waals surface area contributed by atoms with Gasteiger partial charge >= 0.3 is 0 Å². The van der Waals surface area contributed by atoms with Crippen LogP contribution in [0.3, 0.4) is 0 Å². The van der Waals surface area contributed by atoms with E-state index in [1.165, 1.54) is 0 Å². The Morgan fingerprint density at radius 1 is 1.04 bits per heavy atom. The first kappa shape index (κ1) is 18.1. The third-order valence-corrected chi connectivity index (χ3v) is 6.38. The molecule has 2 atom stereocenters. The summed E-state index contributed by atoms with van der Waals surface area (Å²) in [5.41, 5.74) is 2.40. The van der Waals surface area contributed by atoms with Gasteiger partial charge < -0.3 is 9.47 Å². The highest BCUT2D eigenvalue weighted by Crippen LogP contribution is 2.59. The molecule has 0 aromatic heterocycles. The number of benzene rings is 2. The Balaban J connectivity index is 1.76. The molecule has 2 aromatic carbocycles. The third kappa shape index (κ3) is 2.67. The summed E-state index contributed by atoms with van der Waals surface area (Å²) in [6.07, 6.45) is 1.73. The number of halogens is 2. The van der Waals surface area contributed by atoms with E-state index in [0.29, 0.717) is 35.1 Å². The summed E-state index contributed by atoms with van der Waals surface area (Å²) in [5, 5.41) is 0.973. The molecular weight excluding hydrogens is 395 g/mol. The Morgan fingerprint density at radius 3 is 2.54 bits per heavy atom. The third-order valence-electron chi connectivity index (χ3n) is 5.88. The lowest BCUT2D eigenvalue weighted by atomic mass is 9.68. The van der Waals surface area contributed by atoms with Crippen LogP contribution in [-0.2, 0) is 15.3 Å². The monoisotopic (exact) mass is 414 g/mol. The maximum atomic E-state index is 13.1. The van der Waals surface area contributed by atoms with Gasteiger partial charge in [-0.25, -0.2) is 0 Å². The first-order valence-corrected chi connectivity index (χ1v) is 10.2. The van der Waals surface area contributed by atoms with Crippen LogP contribution in [0.4, 0.5) is 0 Å². The molecule has 2 bridgehead atoms. The topological polar surface area (TPSA) is 35.5 Å². The SMILES string of the molecule is CC1(C)CC(=O)C2=C(C1)O[C@]1(c3ccccc3)C[C@H]2c2cc(Cl)cc(Cl)c2O1. The number of fused-ring (bicyclic) bond motifs is 5. The van der Waals surface area contributed by atoms with E-state index >= 15 is 0 Å². The fraction of sp³-hybridized carbons (Fsp3) is 0.348. The van der Waals surface area contributed by atoms with Gasteiger partial charge in [-0.3, -0.25) is 4.79 Å². The lowest BCUT2D eigenvalue weighted by molar-refractivity contribution is -0.195. The molecule has 2 aliphatic heterocycles. The molecular formula is C23H20Cl2O3. The van der Waals surface area contributed by atoms with Crippen molar-refractivity contribution in [2.45, 2.75) is 44.8 Å². The number of carbonyl (C=O) groups is 1. The summed E-state index contributed by atoms with van der Waals surface area (Å²) in [5.74, 6) is 0.288. The zero-order valence-corrected chi connectivity index (χ0v) is 17.2. The smallest absolute Gasteiger partial charge is 0.278 e. The summed E-state index contributed by atoms with van der Waals surface area (Å²) < 4.78 is 13.0. The molecule has 0 unspecified atom stereocenters. The molecule has 5 rings (SSSR count). The zero-order chi connectivity index (χ0) is 19.7. The second-order valence-electron chi connectivity index (χ2n) is 8.66. The Hall–Kier alpha value is -1.97. The molecule has 0 spiro atoms. The molecule has 0 fully saturated rings. The van der Waals surface area contributed by atoms with E-state index in [0.717, 1.165) is 22.5 Å². The second-order valence-corrected chi connectivity index (χ2v) is 9.51. The molecule has 28 heavy (non-hydrogen) atoms. The summed E-state index contributed by atoms with van der Waals surface area (Å²) in [4.78, 5) is 13.1. The molecule has 0 saturated carbocycles. The van der Waals surface area contributed by atoms with Crippen molar-refractivity contribution < 1.29 is 14.3 Å². The van der Waals surface area contributed by atoms with E-state index in [2.05, 4.69) is 13.8 Å². The van der Waals surface area contributed by atoms with Gasteiger partial charge in [0.1, 0.15) is 11.5 Å². The Morgan fingerprint density at radius 2 is 1.79 bits per heavy atom. The normalized spacial score (nSPS) is 27.4. The molecule has 1 aliphatic carbocycles. The average Bonchev–Trinajstić information content (AvgIpc) is 2.62. The van der Waals surface area contributed by atoms with Crippen LogP contribution in [0.2, 0.25) is 10.0 Å². The van der Waals surface area contributed by atoms with Gasteiger partial charge in [-0.1, -0.05) is 67.4 Å². The minimum atomic E-state index is -0.997. The minimum Gasteiger partial charge on any atom is -0.452 e. The maximum Gasteiger partial charge on any atom is 0.278 e. The molecule has 3 nitrogen and oxygen atoms in total. The van der Waals surface area contributed by atoms with Crippen LogP contribution in [0.5, 0.6) is 5.75 Å². The first-order chi connectivity index (χ1) is 13.3. The van der Waals surface area contributed by atoms with Gasteiger partial charge in [-0.15, -0.1) is 0 Å². The maximum absolute atomic E-state index is 13.1. The van der Waals surface area contributed by atoms with Crippen molar-refractivity contribution in [1.82, 2.24) is 0 Å². The highest BCUT2D eigenvalue weighted by Gasteiger charge is 2.54. The predicted molar refractivity (Wildman–Crippen MR) is 109 cm³/mol. The number of rotatable bonds is 1. The van der Waals surface area contributed by atoms with E-state index in [-0.39, 0.29) is 17.1 Å². The van der Waals surface area contributed by atoms with Crippen molar-refractivity contribution in [3.8, 4) is 5.75 Å². The number of Topliss-reactive ketones (excluding diaryl/α,β-unsaturated/α-hetero) is 1. The Kier molecular flexibility index (Phi) is 3.88. The summed E-state index contributed by atoms with van der Waals surface area (Å²) in [6.45, 7) is 4.19. The summed E-state index contributed by atoms with van der Waals surface area (Å²) >= 11 is 12.8. The number of hydrogen-bond acceptors (Lipinski definition) is 3. The van der Waals surface area contributed by atoms with Gasteiger partial charge in [-0.05, 0) is 17.5 Å². The number of hydrogen-bond donors (Lipinski definition) is 0. The van der Waals surface area contributed by atoms with Gasteiger partial charge in [0.25, 0.3) is 5.79 Å². The molecule has 2 heterocycles. The fourth-order valence-electron chi connectivity index (χ4n) is 4.74. The van der Waals surface area contributed by atoms with Gasteiger partial charge in [0, 0.05) is 46.9 Å². The van der Waals surface area contributed by atoms with Crippen LogP contribution >= 0.6 is 23.2 Å². The average molecular weight is 415 g/mol. The van der Waals surface area contributed by atoms with E-state index in [9.17, 15) is 4.79 Å². The van der Waals surface area contributed by atoms with Crippen LogP contribution < -0.4 is 4.74 Å². The van der Waals surface area contributed by atoms with Crippen LogP contribution in [-0.4, -0.2) is 5.78 Å². The number of ketones is 1. The molecule has 3 aliphatic rings. The molecule has 0 radical (unpaired) electrons. The number of carbonyl (C=O) groups excluding carboxylic acids is 1. The van der Waals surface area contributed by atoms with Crippen LogP contribution in [0.25, 0.3) is 0 Å². The molecule has 0 N–H and O–H groups in total. The van der Waals surface area contributed by atoms with Crippen molar-refractivity contribution in [3.63, 3.8) is 0 Å². The minimum absolute atomic E-state index is 0.141. The van der Waals surface area contributed by atoms with Crippen LogP contribution in [0.15, 0.2) is 53.8 Å². The van der Waals surface area contributed by atoms with Crippen molar-refractivity contribution in [2.75, 3.05) is 0 Å². The van der Waals surface area contributed by atoms with E-state index in [4.69, 9.17) is 32.7 Å². The fourth-order valence-corrected chi connectivity index (χ4v) is 5.28. The summed E-state index contributed by atoms with van der Waals surface area (Å²) in [7, 11) is 0. The lowest BCUT2D eigenvalue weighted by Gasteiger charge is -2.49. The quantitative estimate of drug-likeness (QED) is 0.542. The molecule has 144 valence electrons. The van der Waals surface area contributed by atoms with E-state index in [1.54, 1.807) is 6.07 Å². The van der Waals surface area contributed by atoms with Crippen molar-refractivity contribution in [1.29, 1.82) is 0 Å². The van der Waals surface area contributed by atoms with Gasteiger partial charge in [0.15, 0.2) is 5.78 Å². The second kappa shape index (κ2) is 6.01.